The van der Waals surface area contributed by atoms with Gasteiger partial charge in [-0.15, -0.1) is 0 Å². The second-order valence-corrected chi connectivity index (χ2v) is 9.11. The zero-order valence-electron chi connectivity index (χ0n) is 15.1. The maximum Gasteiger partial charge on any atom is 0.317 e. The molecule has 7 nitrogen and oxygen atoms in total. The van der Waals surface area contributed by atoms with Gasteiger partial charge in [-0.2, -0.15) is 4.31 Å². The number of rotatable bonds is 4. The highest BCUT2D eigenvalue weighted by molar-refractivity contribution is 7.89. The average molecular weight is 381 g/mol. The highest BCUT2D eigenvalue weighted by Crippen LogP contribution is 2.27. The number of hydrogen-bond donors (Lipinski definition) is 2. The lowest BCUT2D eigenvalue weighted by molar-refractivity contribution is 0.171. The van der Waals surface area contributed by atoms with Crippen molar-refractivity contribution in [3.63, 3.8) is 0 Å². The van der Waals surface area contributed by atoms with Crippen molar-refractivity contribution in [2.45, 2.75) is 37.5 Å². The van der Waals surface area contributed by atoms with Crippen LogP contribution < -0.4 is 5.32 Å². The van der Waals surface area contributed by atoms with Crippen LogP contribution in [-0.4, -0.2) is 61.5 Å². The molecule has 1 saturated heterocycles. The lowest BCUT2D eigenvalue weighted by atomic mass is 10.1. The van der Waals surface area contributed by atoms with Gasteiger partial charge in [0, 0.05) is 32.7 Å². The molecular formula is C18H27N3O4S. The summed E-state index contributed by atoms with van der Waals surface area (Å²) >= 11 is 0. The molecule has 144 valence electrons. The van der Waals surface area contributed by atoms with E-state index in [4.69, 9.17) is 0 Å². The van der Waals surface area contributed by atoms with Crippen LogP contribution in [0.25, 0.3) is 0 Å². The van der Waals surface area contributed by atoms with E-state index in [0.29, 0.717) is 25.6 Å². The van der Waals surface area contributed by atoms with E-state index in [2.05, 4.69) is 5.32 Å². The van der Waals surface area contributed by atoms with E-state index < -0.39 is 10.0 Å². The summed E-state index contributed by atoms with van der Waals surface area (Å²) in [6.07, 6.45) is 4.82. The third kappa shape index (κ3) is 4.12. The van der Waals surface area contributed by atoms with Crippen molar-refractivity contribution in [2.75, 3.05) is 32.7 Å². The molecular weight excluding hydrogens is 354 g/mol. The first-order valence-corrected chi connectivity index (χ1v) is 10.6. The van der Waals surface area contributed by atoms with Crippen LogP contribution in [0.5, 0.6) is 5.75 Å². The predicted octanol–water partition coefficient (Wildman–Crippen LogP) is 1.91. The summed E-state index contributed by atoms with van der Waals surface area (Å²) in [5.74, 6) is 0.331. The highest BCUT2D eigenvalue weighted by Gasteiger charge is 2.32. The van der Waals surface area contributed by atoms with Crippen molar-refractivity contribution in [3.05, 3.63) is 23.8 Å². The Kier molecular flexibility index (Phi) is 5.72. The molecule has 1 aromatic carbocycles. The van der Waals surface area contributed by atoms with Crippen LogP contribution in [0.4, 0.5) is 4.79 Å². The monoisotopic (exact) mass is 381 g/mol. The zero-order chi connectivity index (χ0) is 18.7. The summed E-state index contributed by atoms with van der Waals surface area (Å²) in [6, 6.07) is 4.42. The van der Waals surface area contributed by atoms with E-state index in [0.717, 1.165) is 5.56 Å². The highest BCUT2D eigenvalue weighted by atomic mass is 32.2. The van der Waals surface area contributed by atoms with Crippen molar-refractivity contribution in [2.24, 2.45) is 5.92 Å². The van der Waals surface area contributed by atoms with Gasteiger partial charge in [0.05, 0.1) is 0 Å². The maximum absolute atomic E-state index is 12.8. The van der Waals surface area contributed by atoms with Gasteiger partial charge in [0.2, 0.25) is 10.0 Å². The molecule has 0 spiro atoms. The normalized spacial score (nSPS) is 19.7. The van der Waals surface area contributed by atoms with E-state index in [-0.39, 0.29) is 29.8 Å². The molecule has 0 atom stereocenters. The van der Waals surface area contributed by atoms with Gasteiger partial charge in [0.1, 0.15) is 10.6 Å². The van der Waals surface area contributed by atoms with Gasteiger partial charge < -0.3 is 15.3 Å². The number of phenols is 1. The summed E-state index contributed by atoms with van der Waals surface area (Å²) in [7, 11) is -3.76. The first kappa shape index (κ1) is 19.0. The van der Waals surface area contributed by atoms with E-state index >= 15 is 0 Å². The lowest BCUT2D eigenvalue weighted by Crippen LogP contribution is -2.53. The Morgan fingerprint density at radius 3 is 2.50 bits per heavy atom. The van der Waals surface area contributed by atoms with Gasteiger partial charge in [0.25, 0.3) is 0 Å². The Morgan fingerprint density at radius 2 is 1.85 bits per heavy atom. The van der Waals surface area contributed by atoms with Crippen molar-refractivity contribution in [1.82, 2.24) is 14.5 Å². The van der Waals surface area contributed by atoms with Crippen LogP contribution in [0.15, 0.2) is 23.1 Å². The largest absolute Gasteiger partial charge is 0.507 e. The number of amides is 2. The van der Waals surface area contributed by atoms with Crippen molar-refractivity contribution >= 4 is 16.1 Å². The molecule has 0 unspecified atom stereocenters. The summed E-state index contributed by atoms with van der Waals surface area (Å²) in [4.78, 5) is 13.9. The number of phenolic OH excluding ortho intramolecular Hbond substituents is 1. The second-order valence-electron chi connectivity index (χ2n) is 7.20. The number of benzene rings is 1. The van der Waals surface area contributed by atoms with Crippen molar-refractivity contribution < 1.29 is 18.3 Å². The second kappa shape index (κ2) is 7.84. The standard InChI is InChI=1S/C18H27N3O4S/c1-14-6-7-16(22)17(12-14)26(24,25)21-10-8-20(9-11-21)18(23)19-13-15-4-2-3-5-15/h6-7,12,15,22H,2-5,8-11,13H2,1H3,(H,19,23). The maximum atomic E-state index is 12.8. The Hall–Kier alpha value is -1.80. The van der Waals surface area contributed by atoms with E-state index in [1.54, 1.807) is 17.9 Å². The Bertz CT molecular complexity index is 752. The van der Waals surface area contributed by atoms with E-state index in [1.807, 2.05) is 0 Å². The number of nitrogens with zero attached hydrogens (tertiary/aromatic N) is 2. The van der Waals surface area contributed by atoms with Crippen LogP contribution in [0.3, 0.4) is 0 Å². The Labute approximate surface area is 155 Å². The molecule has 2 amide bonds. The van der Waals surface area contributed by atoms with Crippen LogP contribution in [0.1, 0.15) is 31.2 Å². The number of aromatic hydroxyl groups is 1. The van der Waals surface area contributed by atoms with Crippen LogP contribution in [0.2, 0.25) is 0 Å². The summed E-state index contributed by atoms with van der Waals surface area (Å²) in [5, 5.41) is 12.9. The third-order valence-electron chi connectivity index (χ3n) is 5.28. The third-order valence-corrected chi connectivity index (χ3v) is 7.20. The van der Waals surface area contributed by atoms with Crippen LogP contribution in [-0.2, 0) is 10.0 Å². The number of carbonyl (C=O) groups excluding carboxylic acids is 1. The molecule has 1 aromatic rings. The number of hydrogen-bond acceptors (Lipinski definition) is 4. The van der Waals surface area contributed by atoms with Gasteiger partial charge in [-0.25, -0.2) is 13.2 Å². The Balaban J connectivity index is 1.57. The minimum absolute atomic E-state index is 0.0726. The molecule has 8 heteroatoms. The summed E-state index contributed by atoms with van der Waals surface area (Å²) < 4.78 is 26.9. The predicted molar refractivity (Wildman–Crippen MR) is 98.5 cm³/mol. The van der Waals surface area contributed by atoms with Gasteiger partial charge >= 0.3 is 6.03 Å². The molecule has 1 aliphatic carbocycles. The molecule has 2 N–H and O–H groups in total. The first-order chi connectivity index (χ1) is 12.4. The smallest absolute Gasteiger partial charge is 0.317 e. The van der Waals surface area contributed by atoms with Gasteiger partial charge in [0.15, 0.2) is 0 Å². The van der Waals surface area contributed by atoms with Gasteiger partial charge in [-0.05, 0) is 43.4 Å². The van der Waals surface area contributed by atoms with Crippen molar-refractivity contribution in [3.8, 4) is 5.75 Å². The van der Waals surface area contributed by atoms with Crippen molar-refractivity contribution in [1.29, 1.82) is 0 Å². The number of nitrogens with one attached hydrogen (secondary N) is 1. The lowest BCUT2D eigenvalue weighted by Gasteiger charge is -2.34. The van der Waals surface area contributed by atoms with Crippen LogP contribution >= 0.6 is 0 Å². The average Bonchev–Trinajstić information content (AvgIpc) is 3.15. The topological polar surface area (TPSA) is 90.0 Å². The van der Waals surface area contributed by atoms with Gasteiger partial charge in [-0.3, -0.25) is 0 Å². The molecule has 0 bridgehead atoms. The molecule has 1 saturated carbocycles. The number of aryl methyl sites for hydroxylation is 1. The minimum Gasteiger partial charge on any atom is -0.507 e. The van der Waals surface area contributed by atoms with Gasteiger partial charge in [-0.1, -0.05) is 18.9 Å². The van der Waals surface area contributed by atoms with Crippen LogP contribution in [0, 0.1) is 12.8 Å². The zero-order valence-corrected chi connectivity index (χ0v) is 16.0. The summed E-state index contributed by atoms with van der Waals surface area (Å²) in [6.45, 7) is 3.64. The number of sulfonamides is 1. The molecule has 3 rings (SSSR count). The fraction of sp³-hybridized carbons (Fsp3) is 0.611. The molecule has 1 heterocycles. The molecule has 0 radical (unpaired) electrons. The Morgan fingerprint density at radius 1 is 1.19 bits per heavy atom. The molecule has 26 heavy (non-hydrogen) atoms. The minimum atomic E-state index is -3.76. The van der Waals surface area contributed by atoms with E-state index in [1.165, 1.54) is 42.1 Å². The number of piperazine rings is 1. The molecule has 0 aromatic heterocycles. The van der Waals surface area contributed by atoms with E-state index in [9.17, 15) is 18.3 Å². The number of carbonyl (C=O) groups is 1. The fourth-order valence-corrected chi connectivity index (χ4v) is 5.25. The summed E-state index contributed by atoms with van der Waals surface area (Å²) in [5.41, 5.74) is 0.770. The molecule has 2 aliphatic rings. The number of urea groups is 1. The quantitative estimate of drug-likeness (QED) is 0.834. The molecule has 1 aliphatic heterocycles. The SMILES string of the molecule is Cc1ccc(O)c(S(=O)(=O)N2CCN(C(=O)NCC3CCCC3)CC2)c1. The fourth-order valence-electron chi connectivity index (χ4n) is 3.66. The molecule has 2 fully saturated rings. The first-order valence-electron chi connectivity index (χ1n) is 9.20.